The molecule has 4 heteroatoms. The molecular formula is C35H70N4. The summed E-state index contributed by atoms with van der Waals surface area (Å²) in [5.41, 5.74) is 2.86. The number of rotatable bonds is 1. The number of hydrogen-bond donors (Lipinski definition) is 0. The molecule has 0 saturated carbocycles. The van der Waals surface area contributed by atoms with Crippen molar-refractivity contribution in [3.8, 4) is 0 Å². The van der Waals surface area contributed by atoms with Crippen LogP contribution in [0.1, 0.15) is 134 Å². The van der Waals surface area contributed by atoms with Gasteiger partial charge in [0.2, 0.25) is 0 Å². The van der Waals surface area contributed by atoms with Gasteiger partial charge in [-0.3, -0.25) is 14.7 Å². The number of hydrogen-bond acceptors (Lipinski definition) is 4. The first-order valence-corrected chi connectivity index (χ1v) is 16.7. The lowest BCUT2D eigenvalue weighted by Crippen LogP contribution is -2.54. The minimum Gasteiger partial charge on any atom is -0.303 e. The molecule has 4 aliphatic heterocycles. The fourth-order valence-corrected chi connectivity index (χ4v) is 7.81. The monoisotopic (exact) mass is 547 g/mol. The highest BCUT2D eigenvalue weighted by Crippen LogP contribution is 2.44. The Morgan fingerprint density at radius 2 is 0.615 bits per heavy atom. The van der Waals surface area contributed by atoms with Gasteiger partial charge in [-0.15, -0.1) is 0 Å². The molecule has 39 heavy (non-hydrogen) atoms. The van der Waals surface area contributed by atoms with Gasteiger partial charge in [-0.1, -0.05) is 20.8 Å². The summed E-state index contributed by atoms with van der Waals surface area (Å²) in [5.74, 6) is 0. The zero-order valence-corrected chi connectivity index (χ0v) is 28.8. The van der Waals surface area contributed by atoms with Crippen molar-refractivity contribution >= 4 is 0 Å². The Balaban J connectivity index is 0.000000216. The van der Waals surface area contributed by atoms with Gasteiger partial charge in [-0.05, 0) is 182 Å². The SMILES string of the molecule is CC(C)(C)CN1CCC2(CC1)CCN(C(C)(C)C)CC2.CC(C)(C)N1CCC2(CC1)CCN(C(C)(C)C)CC2. The van der Waals surface area contributed by atoms with Gasteiger partial charge in [-0.25, -0.2) is 0 Å². The quantitative estimate of drug-likeness (QED) is 0.333. The predicted molar refractivity (Wildman–Crippen MR) is 172 cm³/mol. The minimum atomic E-state index is 0.355. The zero-order valence-electron chi connectivity index (χ0n) is 28.8. The van der Waals surface area contributed by atoms with Crippen molar-refractivity contribution in [2.24, 2.45) is 16.2 Å². The van der Waals surface area contributed by atoms with E-state index in [1.807, 2.05) is 0 Å². The van der Waals surface area contributed by atoms with Crippen molar-refractivity contribution in [3.05, 3.63) is 0 Å². The van der Waals surface area contributed by atoms with Gasteiger partial charge in [0.25, 0.3) is 0 Å². The molecule has 0 N–H and O–H groups in total. The summed E-state index contributed by atoms with van der Waals surface area (Å²) in [4.78, 5) is 10.7. The summed E-state index contributed by atoms with van der Waals surface area (Å²) in [6.07, 6.45) is 11.4. The first-order chi connectivity index (χ1) is 17.7. The Labute approximate surface area is 245 Å². The van der Waals surface area contributed by atoms with Crippen LogP contribution in [0.25, 0.3) is 0 Å². The summed E-state index contributed by atoms with van der Waals surface area (Å²) in [6, 6.07) is 0. The topological polar surface area (TPSA) is 13.0 Å². The smallest absolute Gasteiger partial charge is 0.0125 e. The molecule has 2 spiro atoms. The van der Waals surface area contributed by atoms with Crippen molar-refractivity contribution in [2.45, 2.75) is 151 Å². The zero-order chi connectivity index (χ0) is 29.3. The standard InChI is InChI=1S/C18H36N2.C17H34N2/c1-16(2,3)15-19-11-7-18(8-12-19)9-13-20(14-10-18)17(4,5)6;1-15(2,3)18-11-7-17(8-12-18)9-13-19(14-10-17)16(4,5)6/h7-15H2,1-6H3;7-14H2,1-6H3. The first kappa shape index (κ1) is 33.3. The number of nitrogens with zero attached hydrogens (tertiary/aromatic N) is 4. The second kappa shape index (κ2) is 12.2. The Hall–Kier alpha value is -0.160. The Morgan fingerprint density at radius 1 is 0.385 bits per heavy atom. The Kier molecular flexibility index (Phi) is 10.4. The van der Waals surface area contributed by atoms with E-state index >= 15 is 0 Å². The van der Waals surface area contributed by atoms with Gasteiger partial charge in [0.05, 0.1) is 0 Å². The molecule has 230 valence electrons. The van der Waals surface area contributed by atoms with Crippen molar-refractivity contribution < 1.29 is 0 Å². The Morgan fingerprint density at radius 3 is 0.821 bits per heavy atom. The fraction of sp³-hybridized carbons (Fsp3) is 1.00. The van der Waals surface area contributed by atoms with Crippen molar-refractivity contribution in [3.63, 3.8) is 0 Å². The van der Waals surface area contributed by atoms with Crippen LogP contribution in [0.3, 0.4) is 0 Å². The summed E-state index contributed by atoms with van der Waals surface area (Å²) in [5, 5.41) is 0. The first-order valence-electron chi connectivity index (χ1n) is 16.7. The molecule has 4 heterocycles. The molecule has 0 amide bonds. The van der Waals surface area contributed by atoms with Gasteiger partial charge in [0.1, 0.15) is 0 Å². The maximum atomic E-state index is 2.70. The van der Waals surface area contributed by atoms with Crippen molar-refractivity contribution in [1.82, 2.24) is 19.6 Å². The number of likely N-dealkylation sites (tertiary alicyclic amines) is 4. The summed E-state index contributed by atoms with van der Waals surface area (Å²) >= 11 is 0. The fourth-order valence-electron chi connectivity index (χ4n) is 7.81. The second-order valence-corrected chi connectivity index (χ2v) is 18.3. The molecule has 0 aromatic carbocycles. The maximum absolute atomic E-state index is 2.70. The van der Waals surface area contributed by atoms with Gasteiger partial charge in [-0.2, -0.15) is 0 Å². The lowest BCUT2D eigenvalue weighted by atomic mass is 9.70. The van der Waals surface area contributed by atoms with Crippen LogP contribution in [0.2, 0.25) is 0 Å². The Bertz CT molecular complexity index is 690. The van der Waals surface area contributed by atoms with E-state index in [4.69, 9.17) is 0 Å². The molecule has 0 bridgehead atoms. The lowest BCUT2D eigenvalue weighted by molar-refractivity contribution is -0.0162. The largest absolute Gasteiger partial charge is 0.303 e. The van der Waals surface area contributed by atoms with Crippen molar-refractivity contribution in [1.29, 1.82) is 0 Å². The summed E-state index contributed by atoms with van der Waals surface area (Å²) < 4.78 is 0. The van der Waals surface area contributed by atoms with E-state index in [1.165, 1.54) is 110 Å². The van der Waals surface area contributed by atoms with Crippen LogP contribution >= 0.6 is 0 Å². The van der Waals surface area contributed by atoms with Crippen LogP contribution in [0.4, 0.5) is 0 Å². The highest BCUT2D eigenvalue weighted by Gasteiger charge is 2.42. The average molecular weight is 547 g/mol. The highest BCUT2D eigenvalue weighted by molar-refractivity contribution is 4.96. The molecule has 0 unspecified atom stereocenters. The summed E-state index contributed by atoms with van der Waals surface area (Å²) in [7, 11) is 0. The highest BCUT2D eigenvalue weighted by atomic mass is 15.2. The van der Waals surface area contributed by atoms with Gasteiger partial charge < -0.3 is 4.90 Å². The van der Waals surface area contributed by atoms with E-state index in [9.17, 15) is 0 Å². The average Bonchev–Trinajstić information content (AvgIpc) is 2.80. The molecule has 4 saturated heterocycles. The van der Waals surface area contributed by atoms with E-state index in [0.29, 0.717) is 32.9 Å². The van der Waals surface area contributed by atoms with Crippen LogP contribution in [0, 0.1) is 16.2 Å². The van der Waals surface area contributed by atoms with Crippen molar-refractivity contribution in [2.75, 3.05) is 58.9 Å². The molecule has 0 aliphatic carbocycles. The molecule has 0 aromatic rings. The van der Waals surface area contributed by atoms with Crippen LogP contribution < -0.4 is 0 Å². The molecule has 4 rings (SSSR count). The van der Waals surface area contributed by atoms with E-state index in [2.05, 4.69) is 103 Å². The molecule has 0 aromatic heterocycles. The van der Waals surface area contributed by atoms with Crippen LogP contribution in [-0.4, -0.2) is 95.1 Å². The third-order valence-corrected chi connectivity index (χ3v) is 10.9. The van der Waals surface area contributed by atoms with E-state index in [1.54, 1.807) is 0 Å². The second-order valence-electron chi connectivity index (χ2n) is 18.3. The summed E-state index contributed by atoms with van der Waals surface area (Å²) in [6.45, 7) is 40.0. The third-order valence-electron chi connectivity index (χ3n) is 10.9. The minimum absolute atomic E-state index is 0.355. The normalized spacial score (nSPS) is 26.5. The molecule has 4 aliphatic rings. The predicted octanol–water partition coefficient (Wildman–Crippen LogP) is 7.77. The van der Waals surface area contributed by atoms with Gasteiger partial charge >= 0.3 is 0 Å². The maximum Gasteiger partial charge on any atom is 0.0125 e. The molecule has 4 fully saturated rings. The molecular weight excluding hydrogens is 476 g/mol. The third kappa shape index (κ3) is 9.69. The lowest BCUT2D eigenvalue weighted by Gasteiger charge is -2.51. The van der Waals surface area contributed by atoms with Gasteiger partial charge in [0, 0.05) is 23.2 Å². The molecule has 4 nitrogen and oxygen atoms in total. The van der Waals surface area contributed by atoms with E-state index < -0.39 is 0 Å². The van der Waals surface area contributed by atoms with E-state index in [0.717, 1.165) is 0 Å². The van der Waals surface area contributed by atoms with Crippen LogP contribution in [0.15, 0.2) is 0 Å². The molecule has 0 radical (unpaired) electrons. The number of piperidine rings is 4. The van der Waals surface area contributed by atoms with Crippen LogP contribution in [0.5, 0.6) is 0 Å². The van der Waals surface area contributed by atoms with Gasteiger partial charge in [0.15, 0.2) is 0 Å². The van der Waals surface area contributed by atoms with E-state index in [-0.39, 0.29) is 0 Å². The van der Waals surface area contributed by atoms with Crippen LogP contribution in [-0.2, 0) is 0 Å². The molecule has 0 atom stereocenters.